The molecule has 0 unspecified atom stereocenters. The molecule has 9 heteroatoms. The summed E-state index contributed by atoms with van der Waals surface area (Å²) in [7, 11) is 0. The number of hydrogen-bond donors (Lipinski definition) is 4. The van der Waals surface area contributed by atoms with Gasteiger partial charge in [0.05, 0.1) is 5.56 Å². The Balaban J connectivity index is 2.14. The van der Waals surface area contributed by atoms with Crippen molar-refractivity contribution in [3.8, 4) is 0 Å². The van der Waals surface area contributed by atoms with E-state index in [-0.39, 0.29) is 24.0 Å². The number of nitrogens with two attached hydrogens (primary N) is 1. The van der Waals surface area contributed by atoms with E-state index in [1.807, 2.05) is 0 Å². The number of carbonyl (C=O) groups excluding carboxylic acids is 3. The molecule has 8 nitrogen and oxygen atoms in total. The summed E-state index contributed by atoms with van der Waals surface area (Å²) < 4.78 is 14.0. The molecule has 0 saturated carbocycles. The Bertz CT molecular complexity index is 946. The lowest BCUT2D eigenvalue weighted by Crippen LogP contribution is -2.54. The first-order chi connectivity index (χ1) is 14.2. The first kappa shape index (κ1) is 22.5. The number of carbonyl (C=O) groups is 4. The molecule has 0 fully saturated rings. The molecule has 0 aliphatic heterocycles. The zero-order valence-electron chi connectivity index (χ0n) is 16.2. The van der Waals surface area contributed by atoms with Crippen LogP contribution in [0.2, 0.25) is 0 Å². The molecule has 0 spiro atoms. The van der Waals surface area contributed by atoms with Gasteiger partial charge in [-0.3, -0.25) is 14.4 Å². The normalized spacial score (nSPS) is 12.5. The Hall–Kier alpha value is -3.75. The molecule has 0 bridgehead atoms. The Kier molecular flexibility index (Phi) is 7.62. The molecule has 0 radical (unpaired) electrons. The maximum absolute atomic E-state index is 14.0. The van der Waals surface area contributed by atoms with Gasteiger partial charge >= 0.3 is 5.97 Å². The van der Waals surface area contributed by atoms with Gasteiger partial charge < -0.3 is 21.5 Å². The lowest BCUT2D eigenvalue weighted by atomic mass is 10.0. The number of aromatic carboxylic acids is 1. The molecule has 0 aliphatic carbocycles. The van der Waals surface area contributed by atoms with Crippen LogP contribution in [-0.4, -0.2) is 40.9 Å². The van der Waals surface area contributed by atoms with Crippen LogP contribution in [0, 0.1) is 5.82 Å². The van der Waals surface area contributed by atoms with Crippen LogP contribution in [0.1, 0.15) is 28.4 Å². The average Bonchev–Trinajstić information content (AvgIpc) is 2.68. The highest BCUT2D eigenvalue weighted by Crippen LogP contribution is 2.11. The van der Waals surface area contributed by atoms with Crippen molar-refractivity contribution < 1.29 is 28.7 Å². The van der Waals surface area contributed by atoms with Gasteiger partial charge in [-0.25, -0.2) is 9.18 Å². The molecular formula is C21H22FN3O5. The highest BCUT2D eigenvalue weighted by molar-refractivity contribution is 5.91. The van der Waals surface area contributed by atoms with E-state index in [2.05, 4.69) is 10.6 Å². The van der Waals surface area contributed by atoms with Gasteiger partial charge in [-0.15, -0.1) is 0 Å². The van der Waals surface area contributed by atoms with E-state index in [1.54, 1.807) is 6.07 Å². The number of carboxylic acid groups (broad SMARTS) is 1. The summed E-state index contributed by atoms with van der Waals surface area (Å²) >= 11 is 0. The maximum atomic E-state index is 14.0. The molecule has 2 aromatic rings. The van der Waals surface area contributed by atoms with Crippen LogP contribution in [0.4, 0.5) is 4.39 Å². The molecular weight excluding hydrogens is 393 g/mol. The van der Waals surface area contributed by atoms with Gasteiger partial charge in [-0.2, -0.15) is 0 Å². The van der Waals surface area contributed by atoms with Crippen LogP contribution >= 0.6 is 0 Å². The number of benzene rings is 2. The van der Waals surface area contributed by atoms with Crippen LogP contribution in [0.5, 0.6) is 0 Å². The molecule has 2 atom stereocenters. The number of rotatable bonds is 9. The van der Waals surface area contributed by atoms with E-state index in [0.717, 1.165) is 0 Å². The van der Waals surface area contributed by atoms with Crippen molar-refractivity contribution in [1.82, 2.24) is 10.6 Å². The van der Waals surface area contributed by atoms with Crippen LogP contribution < -0.4 is 16.4 Å². The van der Waals surface area contributed by atoms with E-state index >= 15 is 0 Å². The first-order valence-corrected chi connectivity index (χ1v) is 9.09. The van der Waals surface area contributed by atoms with Gasteiger partial charge in [0, 0.05) is 19.8 Å². The molecule has 0 aromatic heterocycles. The number of primary amides is 1. The fraction of sp³-hybridized carbons (Fsp3) is 0.238. The van der Waals surface area contributed by atoms with Crippen molar-refractivity contribution in [2.24, 2.45) is 5.73 Å². The molecule has 0 aliphatic rings. The molecule has 30 heavy (non-hydrogen) atoms. The third-order valence-corrected chi connectivity index (χ3v) is 4.38. The molecule has 0 heterocycles. The second-order valence-corrected chi connectivity index (χ2v) is 6.72. The van der Waals surface area contributed by atoms with Gasteiger partial charge in [0.1, 0.15) is 17.9 Å². The molecule has 3 amide bonds. The van der Waals surface area contributed by atoms with Crippen molar-refractivity contribution in [2.45, 2.75) is 31.8 Å². The predicted octanol–water partition coefficient (Wildman–Crippen LogP) is 0.784. The van der Waals surface area contributed by atoms with Crippen molar-refractivity contribution in [2.75, 3.05) is 0 Å². The lowest BCUT2D eigenvalue weighted by molar-refractivity contribution is -0.130. The lowest BCUT2D eigenvalue weighted by Gasteiger charge is -2.22. The number of carboxylic acids is 1. The van der Waals surface area contributed by atoms with Crippen molar-refractivity contribution in [1.29, 1.82) is 0 Å². The molecule has 2 aromatic carbocycles. The van der Waals surface area contributed by atoms with Crippen LogP contribution in [0.25, 0.3) is 0 Å². The Morgan fingerprint density at radius 2 is 1.60 bits per heavy atom. The second kappa shape index (κ2) is 10.1. The first-order valence-electron chi connectivity index (χ1n) is 9.09. The zero-order chi connectivity index (χ0) is 22.3. The number of halogens is 1. The summed E-state index contributed by atoms with van der Waals surface area (Å²) in [6, 6.07) is 9.38. The van der Waals surface area contributed by atoms with E-state index in [4.69, 9.17) is 10.8 Å². The minimum atomic E-state index is -1.12. The van der Waals surface area contributed by atoms with E-state index in [1.165, 1.54) is 49.4 Å². The minimum Gasteiger partial charge on any atom is -0.478 e. The van der Waals surface area contributed by atoms with E-state index in [0.29, 0.717) is 5.56 Å². The van der Waals surface area contributed by atoms with Crippen molar-refractivity contribution >= 4 is 23.7 Å². The Morgan fingerprint density at radius 1 is 0.967 bits per heavy atom. The second-order valence-electron chi connectivity index (χ2n) is 6.72. The number of amides is 3. The average molecular weight is 415 g/mol. The van der Waals surface area contributed by atoms with Crippen LogP contribution in [0.15, 0.2) is 48.5 Å². The number of nitrogens with one attached hydrogen (secondary N) is 2. The van der Waals surface area contributed by atoms with Gasteiger partial charge in [-0.1, -0.05) is 30.3 Å². The molecule has 158 valence electrons. The zero-order valence-corrected chi connectivity index (χ0v) is 16.2. The topological polar surface area (TPSA) is 139 Å². The Morgan fingerprint density at radius 3 is 2.13 bits per heavy atom. The standard InChI is InChI=1S/C21H22FN3O5/c1-12(26)24-18(11-15-4-2-3-5-16(15)22)20(28)25-17(19(23)27)10-13-6-8-14(9-7-13)21(29)30/h2-9,17-18H,10-11H2,1H3,(H2,23,27)(H,24,26)(H,25,28)(H,29,30)/t17-,18-/m0/s1. The van der Waals surface area contributed by atoms with Gasteiger partial charge in [0.15, 0.2) is 0 Å². The van der Waals surface area contributed by atoms with Gasteiger partial charge in [0.25, 0.3) is 0 Å². The van der Waals surface area contributed by atoms with Gasteiger partial charge in [-0.05, 0) is 29.3 Å². The summed E-state index contributed by atoms with van der Waals surface area (Å²) in [4.78, 5) is 47.0. The monoisotopic (exact) mass is 415 g/mol. The predicted molar refractivity (Wildman–Crippen MR) is 106 cm³/mol. The van der Waals surface area contributed by atoms with Crippen LogP contribution in [0.3, 0.4) is 0 Å². The summed E-state index contributed by atoms with van der Waals surface area (Å²) in [5, 5.41) is 13.9. The third kappa shape index (κ3) is 6.40. The Labute approximate surface area is 172 Å². The largest absolute Gasteiger partial charge is 0.478 e. The molecule has 5 N–H and O–H groups in total. The maximum Gasteiger partial charge on any atom is 0.335 e. The van der Waals surface area contributed by atoms with Crippen molar-refractivity contribution in [3.63, 3.8) is 0 Å². The minimum absolute atomic E-state index is 0.0213. The fourth-order valence-electron chi connectivity index (χ4n) is 2.85. The summed E-state index contributed by atoms with van der Waals surface area (Å²) in [6.07, 6.45) is -0.0929. The smallest absolute Gasteiger partial charge is 0.335 e. The summed E-state index contributed by atoms with van der Waals surface area (Å²) in [6.45, 7) is 1.22. The molecule has 0 saturated heterocycles. The quantitative estimate of drug-likeness (QED) is 0.479. The van der Waals surface area contributed by atoms with Crippen LogP contribution in [-0.2, 0) is 27.2 Å². The summed E-state index contributed by atoms with van der Waals surface area (Å²) in [5.74, 6) is -3.61. The highest BCUT2D eigenvalue weighted by atomic mass is 19.1. The van der Waals surface area contributed by atoms with E-state index < -0.39 is 41.6 Å². The molecule has 2 rings (SSSR count). The number of hydrogen-bond acceptors (Lipinski definition) is 4. The fourth-order valence-corrected chi connectivity index (χ4v) is 2.85. The van der Waals surface area contributed by atoms with E-state index in [9.17, 15) is 23.6 Å². The third-order valence-electron chi connectivity index (χ3n) is 4.38. The SMILES string of the molecule is CC(=O)N[C@@H](Cc1ccccc1F)C(=O)N[C@@H](Cc1ccc(C(=O)O)cc1)C(N)=O. The highest BCUT2D eigenvalue weighted by Gasteiger charge is 2.26. The summed E-state index contributed by atoms with van der Waals surface area (Å²) in [5.41, 5.74) is 6.28. The van der Waals surface area contributed by atoms with Crippen molar-refractivity contribution in [3.05, 3.63) is 71.0 Å². The van der Waals surface area contributed by atoms with Gasteiger partial charge in [0.2, 0.25) is 17.7 Å².